The summed E-state index contributed by atoms with van der Waals surface area (Å²) in [5.41, 5.74) is 5.59. The average molecular weight is 298 g/mol. The molecule has 0 aliphatic carbocycles. The third kappa shape index (κ3) is 2.75. The quantitative estimate of drug-likeness (QED) is 0.669. The van der Waals surface area contributed by atoms with Crippen LogP contribution in [0.25, 0.3) is 0 Å². The largest absolute Gasteiger partial charge is 0.383 e. The third-order valence-electron chi connectivity index (χ3n) is 1.28. The SMILES string of the molecule is CC(Cl)Cc1ncc(I)c(N)n1. The van der Waals surface area contributed by atoms with Gasteiger partial charge in [-0.25, -0.2) is 9.97 Å². The van der Waals surface area contributed by atoms with E-state index in [1.807, 2.05) is 6.92 Å². The molecule has 1 aromatic heterocycles. The Labute approximate surface area is 89.9 Å². The van der Waals surface area contributed by atoms with E-state index in [9.17, 15) is 0 Å². The van der Waals surface area contributed by atoms with Crippen LogP contribution in [0.2, 0.25) is 0 Å². The molecular weight excluding hydrogens is 288 g/mol. The van der Waals surface area contributed by atoms with Crippen LogP contribution in [-0.4, -0.2) is 15.3 Å². The van der Waals surface area contributed by atoms with Gasteiger partial charge in [0.25, 0.3) is 0 Å². The van der Waals surface area contributed by atoms with Crippen molar-refractivity contribution >= 4 is 40.0 Å². The Hall–Kier alpha value is -0.100. The summed E-state index contributed by atoms with van der Waals surface area (Å²) >= 11 is 7.87. The summed E-state index contributed by atoms with van der Waals surface area (Å²) in [5.74, 6) is 1.23. The first kappa shape index (κ1) is 9.98. The third-order valence-corrected chi connectivity index (χ3v) is 2.27. The van der Waals surface area contributed by atoms with Crippen molar-refractivity contribution in [1.82, 2.24) is 9.97 Å². The van der Waals surface area contributed by atoms with Crippen LogP contribution in [0.4, 0.5) is 5.82 Å². The van der Waals surface area contributed by atoms with Crippen molar-refractivity contribution in [3.05, 3.63) is 15.6 Å². The van der Waals surface area contributed by atoms with Crippen molar-refractivity contribution in [1.29, 1.82) is 0 Å². The molecule has 0 radical (unpaired) electrons. The predicted molar refractivity (Wildman–Crippen MR) is 58.2 cm³/mol. The number of hydrogen-bond donors (Lipinski definition) is 1. The topological polar surface area (TPSA) is 51.8 Å². The van der Waals surface area contributed by atoms with E-state index >= 15 is 0 Å². The van der Waals surface area contributed by atoms with Crippen LogP contribution in [-0.2, 0) is 6.42 Å². The van der Waals surface area contributed by atoms with Gasteiger partial charge >= 0.3 is 0 Å². The number of nitrogens with zero attached hydrogens (tertiary/aromatic N) is 2. The van der Waals surface area contributed by atoms with Gasteiger partial charge in [-0.1, -0.05) is 0 Å². The first-order valence-corrected chi connectivity index (χ1v) is 5.02. The number of nitrogen functional groups attached to an aromatic ring is 1. The molecule has 0 aliphatic rings. The first-order valence-electron chi connectivity index (χ1n) is 3.50. The molecule has 0 saturated carbocycles. The van der Waals surface area contributed by atoms with E-state index in [-0.39, 0.29) is 5.38 Å². The smallest absolute Gasteiger partial charge is 0.140 e. The minimum Gasteiger partial charge on any atom is -0.383 e. The van der Waals surface area contributed by atoms with Crippen molar-refractivity contribution in [2.45, 2.75) is 18.7 Å². The van der Waals surface area contributed by atoms with Crippen LogP contribution in [0.15, 0.2) is 6.20 Å². The maximum atomic E-state index is 5.78. The van der Waals surface area contributed by atoms with Crippen LogP contribution in [0.5, 0.6) is 0 Å². The number of rotatable bonds is 2. The van der Waals surface area contributed by atoms with E-state index < -0.39 is 0 Å². The molecule has 0 spiro atoms. The van der Waals surface area contributed by atoms with Crippen molar-refractivity contribution < 1.29 is 0 Å². The standard InChI is InChI=1S/C7H9ClIN3/c1-4(8)2-6-11-3-5(9)7(10)12-6/h3-4H,2H2,1H3,(H2,10,11,12). The fourth-order valence-electron chi connectivity index (χ4n) is 0.769. The van der Waals surface area contributed by atoms with E-state index in [4.69, 9.17) is 17.3 Å². The zero-order chi connectivity index (χ0) is 9.14. The summed E-state index contributed by atoms with van der Waals surface area (Å²) in [4.78, 5) is 8.18. The van der Waals surface area contributed by atoms with E-state index in [1.54, 1.807) is 6.20 Å². The Kier molecular flexibility index (Phi) is 3.52. The van der Waals surface area contributed by atoms with Crippen molar-refractivity contribution in [3.63, 3.8) is 0 Å². The molecule has 0 aromatic carbocycles. The lowest BCUT2D eigenvalue weighted by atomic mass is 10.3. The van der Waals surface area contributed by atoms with E-state index in [0.717, 1.165) is 3.57 Å². The summed E-state index contributed by atoms with van der Waals surface area (Å²) in [6.07, 6.45) is 2.36. The molecule has 0 aliphatic heterocycles. The molecule has 5 heteroatoms. The normalized spacial score (nSPS) is 12.9. The van der Waals surface area contributed by atoms with Crippen LogP contribution in [0, 0.1) is 3.57 Å². The fraction of sp³-hybridized carbons (Fsp3) is 0.429. The molecule has 0 fully saturated rings. The van der Waals surface area contributed by atoms with Gasteiger partial charge in [-0.15, -0.1) is 11.6 Å². The minimum absolute atomic E-state index is 0.0458. The molecule has 2 N–H and O–H groups in total. The van der Waals surface area contributed by atoms with E-state index in [0.29, 0.717) is 18.1 Å². The lowest BCUT2D eigenvalue weighted by Crippen LogP contribution is -2.06. The van der Waals surface area contributed by atoms with Crippen LogP contribution < -0.4 is 5.73 Å². The Morgan fingerprint density at radius 3 is 2.92 bits per heavy atom. The Balaban J connectivity index is 2.82. The van der Waals surface area contributed by atoms with Crippen LogP contribution in [0.3, 0.4) is 0 Å². The second kappa shape index (κ2) is 4.23. The lowest BCUT2D eigenvalue weighted by molar-refractivity contribution is 0.842. The summed E-state index contributed by atoms with van der Waals surface area (Å²) in [7, 11) is 0. The number of halogens is 2. The molecule has 1 aromatic rings. The van der Waals surface area contributed by atoms with Crippen molar-refractivity contribution in [2.24, 2.45) is 0 Å². The van der Waals surface area contributed by atoms with Crippen LogP contribution >= 0.6 is 34.2 Å². The second-order valence-electron chi connectivity index (χ2n) is 2.50. The Bertz CT molecular complexity index is 277. The maximum Gasteiger partial charge on any atom is 0.140 e. The Morgan fingerprint density at radius 2 is 2.42 bits per heavy atom. The molecule has 12 heavy (non-hydrogen) atoms. The molecule has 1 atom stereocenters. The molecule has 1 rings (SSSR count). The van der Waals surface area contributed by atoms with Gasteiger partial charge in [-0.05, 0) is 29.5 Å². The number of aromatic nitrogens is 2. The highest BCUT2D eigenvalue weighted by Crippen LogP contribution is 2.11. The molecule has 1 heterocycles. The second-order valence-corrected chi connectivity index (χ2v) is 4.41. The highest BCUT2D eigenvalue weighted by Gasteiger charge is 2.04. The van der Waals surface area contributed by atoms with Gasteiger partial charge < -0.3 is 5.73 Å². The van der Waals surface area contributed by atoms with Gasteiger partial charge in [0.05, 0.1) is 3.57 Å². The average Bonchev–Trinajstić information content (AvgIpc) is 1.96. The van der Waals surface area contributed by atoms with E-state index in [2.05, 4.69) is 32.6 Å². The number of anilines is 1. The number of alkyl halides is 1. The summed E-state index contributed by atoms with van der Waals surface area (Å²) in [6.45, 7) is 1.90. The molecule has 0 amide bonds. The zero-order valence-electron chi connectivity index (χ0n) is 6.59. The minimum atomic E-state index is 0.0458. The lowest BCUT2D eigenvalue weighted by Gasteiger charge is -2.02. The Morgan fingerprint density at radius 1 is 1.75 bits per heavy atom. The van der Waals surface area contributed by atoms with Gasteiger partial charge in [-0.2, -0.15) is 0 Å². The zero-order valence-corrected chi connectivity index (χ0v) is 9.50. The summed E-state index contributed by atoms with van der Waals surface area (Å²) in [6, 6.07) is 0. The summed E-state index contributed by atoms with van der Waals surface area (Å²) in [5, 5.41) is 0.0458. The number of hydrogen-bond acceptors (Lipinski definition) is 3. The monoisotopic (exact) mass is 297 g/mol. The summed E-state index contributed by atoms with van der Waals surface area (Å²) < 4.78 is 0.874. The first-order chi connectivity index (χ1) is 5.59. The van der Waals surface area contributed by atoms with Gasteiger partial charge in [0.2, 0.25) is 0 Å². The van der Waals surface area contributed by atoms with Gasteiger partial charge in [-0.3, -0.25) is 0 Å². The molecule has 1 unspecified atom stereocenters. The highest BCUT2D eigenvalue weighted by atomic mass is 127. The van der Waals surface area contributed by atoms with E-state index in [1.165, 1.54) is 0 Å². The number of nitrogens with two attached hydrogens (primary N) is 1. The predicted octanol–water partition coefficient (Wildman–Crippen LogP) is 1.83. The van der Waals surface area contributed by atoms with Gasteiger partial charge in [0.15, 0.2) is 0 Å². The highest BCUT2D eigenvalue weighted by molar-refractivity contribution is 14.1. The molecular formula is C7H9ClIN3. The van der Waals surface area contributed by atoms with Gasteiger partial charge in [0, 0.05) is 18.0 Å². The fourth-order valence-corrected chi connectivity index (χ4v) is 1.17. The molecule has 3 nitrogen and oxygen atoms in total. The molecule has 0 bridgehead atoms. The van der Waals surface area contributed by atoms with Gasteiger partial charge in [0.1, 0.15) is 11.6 Å². The molecule has 0 saturated heterocycles. The maximum absolute atomic E-state index is 5.78. The van der Waals surface area contributed by atoms with Crippen molar-refractivity contribution in [3.8, 4) is 0 Å². The van der Waals surface area contributed by atoms with Crippen molar-refractivity contribution in [2.75, 3.05) is 5.73 Å². The van der Waals surface area contributed by atoms with Crippen LogP contribution in [0.1, 0.15) is 12.7 Å². The molecule has 66 valence electrons.